The molecule has 0 bridgehead atoms. The highest BCUT2D eigenvalue weighted by Gasteiger charge is 2.20. The number of rotatable bonds is 3. The van der Waals surface area contributed by atoms with Crippen molar-refractivity contribution < 1.29 is 4.74 Å². The molecule has 1 unspecified atom stereocenters. The van der Waals surface area contributed by atoms with Gasteiger partial charge in [-0.3, -0.25) is 0 Å². The summed E-state index contributed by atoms with van der Waals surface area (Å²) in [6.07, 6.45) is 0. The van der Waals surface area contributed by atoms with Crippen LogP contribution in [-0.4, -0.2) is 7.11 Å². The van der Waals surface area contributed by atoms with Crippen molar-refractivity contribution in [3.05, 3.63) is 61.5 Å². The van der Waals surface area contributed by atoms with Crippen LogP contribution in [-0.2, 0) is 0 Å². The third-order valence-corrected chi connectivity index (χ3v) is 4.46. The van der Waals surface area contributed by atoms with E-state index >= 15 is 0 Å². The van der Waals surface area contributed by atoms with Crippen molar-refractivity contribution in [2.24, 2.45) is 5.73 Å². The van der Waals surface area contributed by atoms with E-state index in [1.807, 2.05) is 25.1 Å². The fourth-order valence-corrected chi connectivity index (χ4v) is 3.34. The molecule has 0 aliphatic rings. The molecular weight excluding hydrogens is 361 g/mol. The molecule has 5 heteroatoms. The molecule has 0 fully saturated rings. The maximum Gasteiger partial charge on any atom is 0.138 e. The SMILES string of the molecule is COc1c(Br)cc(Cl)cc1C(N)c1cccc(C)c1Cl. The summed E-state index contributed by atoms with van der Waals surface area (Å²) in [6, 6.07) is 8.95. The zero-order valence-corrected chi connectivity index (χ0v) is 14.2. The molecule has 1 atom stereocenters. The Bertz CT molecular complexity index is 646. The quantitative estimate of drug-likeness (QED) is 0.808. The monoisotopic (exact) mass is 373 g/mol. The van der Waals surface area contributed by atoms with Gasteiger partial charge in [0.2, 0.25) is 0 Å². The predicted octanol–water partition coefficient (Wildman–Crippen LogP) is 5.12. The number of aryl methyl sites for hydroxylation is 1. The molecule has 0 heterocycles. The minimum absolute atomic E-state index is 0.410. The first-order valence-corrected chi connectivity index (χ1v) is 7.54. The first-order valence-electron chi connectivity index (χ1n) is 5.99. The standard InChI is InChI=1S/C15H14BrCl2NO/c1-8-4-3-5-10(13(8)18)14(19)11-6-9(17)7-12(16)15(11)20-2/h3-7,14H,19H2,1-2H3. The Labute approximate surface area is 137 Å². The molecule has 106 valence electrons. The van der Waals surface area contributed by atoms with Gasteiger partial charge in [0.05, 0.1) is 17.6 Å². The van der Waals surface area contributed by atoms with Crippen LogP contribution in [0.2, 0.25) is 10.0 Å². The third-order valence-electron chi connectivity index (χ3n) is 3.13. The molecule has 0 spiro atoms. The van der Waals surface area contributed by atoms with Crippen molar-refractivity contribution in [2.45, 2.75) is 13.0 Å². The normalized spacial score (nSPS) is 12.3. The third kappa shape index (κ3) is 2.96. The first kappa shape index (κ1) is 15.6. The van der Waals surface area contributed by atoms with Crippen LogP contribution in [0.1, 0.15) is 22.7 Å². The lowest BCUT2D eigenvalue weighted by molar-refractivity contribution is 0.405. The second-order valence-corrected chi connectivity index (χ2v) is 6.13. The van der Waals surface area contributed by atoms with Gasteiger partial charge in [-0.1, -0.05) is 41.4 Å². The molecule has 2 nitrogen and oxygen atoms in total. The first-order chi connectivity index (χ1) is 9.45. The van der Waals surface area contributed by atoms with E-state index in [2.05, 4.69) is 15.9 Å². The molecule has 2 aromatic carbocycles. The summed E-state index contributed by atoms with van der Waals surface area (Å²) in [7, 11) is 1.60. The molecule has 0 aliphatic heterocycles. The second kappa shape index (κ2) is 6.35. The lowest BCUT2D eigenvalue weighted by atomic mass is 9.97. The molecule has 0 amide bonds. The Morgan fingerprint density at radius 2 is 1.90 bits per heavy atom. The number of hydrogen-bond acceptors (Lipinski definition) is 2. The zero-order chi connectivity index (χ0) is 14.9. The van der Waals surface area contributed by atoms with E-state index in [9.17, 15) is 0 Å². The summed E-state index contributed by atoms with van der Waals surface area (Å²) in [5, 5.41) is 1.25. The van der Waals surface area contributed by atoms with Gasteiger partial charge in [-0.2, -0.15) is 0 Å². The van der Waals surface area contributed by atoms with Crippen LogP contribution in [0.25, 0.3) is 0 Å². The predicted molar refractivity (Wildman–Crippen MR) is 87.9 cm³/mol. The van der Waals surface area contributed by atoms with Gasteiger partial charge in [0, 0.05) is 15.6 Å². The Kier molecular flexibility index (Phi) is 4.97. The molecule has 0 saturated carbocycles. The molecule has 0 aliphatic carbocycles. The van der Waals surface area contributed by atoms with E-state index in [4.69, 9.17) is 33.7 Å². The molecule has 2 N–H and O–H groups in total. The summed E-state index contributed by atoms with van der Waals surface area (Å²) in [6.45, 7) is 1.95. The smallest absolute Gasteiger partial charge is 0.138 e. The average molecular weight is 375 g/mol. The highest BCUT2D eigenvalue weighted by molar-refractivity contribution is 9.10. The van der Waals surface area contributed by atoms with Crippen molar-refractivity contribution >= 4 is 39.1 Å². The van der Waals surface area contributed by atoms with E-state index < -0.39 is 6.04 Å². The Morgan fingerprint density at radius 1 is 1.20 bits per heavy atom. The van der Waals surface area contributed by atoms with Crippen molar-refractivity contribution in [3.63, 3.8) is 0 Å². The Morgan fingerprint density at radius 3 is 2.55 bits per heavy atom. The summed E-state index contributed by atoms with van der Waals surface area (Å²) in [5.74, 6) is 0.666. The fraction of sp³-hybridized carbons (Fsp3) is 0.200. The van der Waals surface area contributed by atoms with Gasteiger partial charge >= 0.3 is 0 Å². The Balaban J connectivity index is 2.58. The number of methoxy groups -OCH3 is 1. The minimum atomic E-state index is -0.410. The van der Waals surface area contributed by atoms with E-state index in [0.29, 0.717) is 15.8 Å². The van der Waals surface area contributed by atoms with Crippen molar-refractivity contribution in [1.82, 2.24) is 0 Å². The van der Waals surface area contributed by atoms with E-state index in [0.717, 1.165) is 21.2 Å². The lowest BCUT2D eigenvalue weighted by Gasteiger charge is -2.19. The van der Waals surface area contributed by atoms with Gasteiger partial charge in [0.15, 0.2) is 0 Å². The van der Waals surface area contributed by atoms with Crippen LogP contribution in [0, 0.1) is 6.92 Å². The summed E-state index contributed by atoms with van der Waals surface area (Å²) >= 11 is 15.9. The maximum atomic E-state index is 6.36. The van der Waals surface area contributed by atoms with Crippen LogP contribution >= 0.6 is 39.1 Å². The molecule has 0 aromatic heterocycles. The van der Waals surface area contributed by atoms with Crippen LogP contribution in [0.5, 0.6) is 5.75 Å². The average Bonchev–Trinajstić information content (AvgIpc) is 2.40. The fourth-order valence-electron chi connectivity index (χ4n) is 2.10. The van der Waals surface area contributed by atoms with Crippen molar-refractivity contribution in [1.29, 1.82) is 0 Å². The van der Waals surface area contributed by atoms with Gasteiger partial charge in [-0.15, -0.1) is 0 Å². The van der Waals surface area contributed by atoms with Gasteiger partial charge in [0.1, 0.15) is 5.75 Å². The summed E-state index contributed by atoms with van der Waals surface area (Å²) in [4.78, 5) is 0. The molecule has 0 radical (unpaired) electrons. The van der Waals surface area contributed by atoms with Crippen molar-refractivity contribution in [3.8, 4) is 5.75 Å². The lowest BCUT2D eigenvalue weighted by Crippen LogP contribution is -2.14. The zero-order valence-electron chi connectivity index (χ0n) is 11.1. The number of nitrogens with two attached hydrogens (primary N) is 1. The molecule has 2 aromatic rings. The Hall–Kier alpha value is -0.740. The van der Waals surface area contributed by atoms with Crippen LogP contribution in [0.3, 0.4) is 0 Å². The number of benzene rings is 2. The van der Waals surface area contributed by atoms with Crippen molar-refractivity contribution in [2.75, 3.05) is 7.11 Å². The van der Waals surface area contributed by atoms with Gasteiger partial charge in [-0.05, 0) is 46.1 Å². The second-order valence-electron chi connectivity index (χ2n) is 4.47. The molecule has 20 heavy (non-hydrogen) atoms. The van der Waals surface area contributed by atoms with Crippen LogP contribution in [0.4, 0.5) is 0 Å². The van der Waals surface area contributed by atoms with Gasteiger partial charge < -0.3 is 10.5 Å². The maximum absolute atomic E-state index is 6.36. The van der Waals surface area contributed by atoms with E-state index in [-0.39, 0.29) is 0 Å². The number of hydrogen-bond donors (Lipinski definition) is 1. The summed E-state index contributed by atoms with van der Waals surface area (Å²) in [5.41, 5.74) is 8.98. The molecule has 2 rings (SSSR count). The molecular formula is C15H14BrCl2NO. The highest BCUT2D eigenvalue weighted by Crippen LogP contribution is 2.39. The highest BCUT2D eigenvalue weighted by atomic mass is 79.9. The van der Waals surface area contributed by atoms with Crippen LogP contribution in [0.15, 0.2) is 34.8 Å². The van der Waals surface area contributed by atoms with Gasteiger partial charge in [0.25, 0.3) is 0 Å². The van der Waals surface area contributed by atoms with Gasteiger partial charge in [-0.25, -0.2) is 0 Å². The minimum Gasteiger partial charge on any atom is -0.495 e. The van der Waals surface area contributed by atoms with E-state index in [1.54, 1.807) is 19.2 Å². The largest absolute Gasteiger partial charge is 0.495 e. The number of halogens is 3. The van der Waals surface area contributed by atoms with Crippen LogP contribution < -0.4 is 10.5 Å². The number of ether oxygens (including phenoxy) is 1. The topological polar surface area (TPSA) is 35.2 Å². The van der Waals surface area contributed by atoms with E-state index in [1.165, 1.54) is 0 Å². The summed E-state index contributed by atoms with van der Waals surface area (Å²) < 4.78 is 6.18. The molecule has 0 saturated heterocycles.